The van der Waals surface area contributed by atoms with Crippen LogP contribution in [0.1, 0.15) is 27.8 Å². The first-order chi connectivity index (χ1) is 18.1. The predicted molar refractivity (Wildman–Crippen MR) is 151 cm³/mol. The normalized spacial score (nSPS) is 23.4. The van der Waals surface area contributed by atoms with Gasteiger partial charge in [-0.2, -0.15) is 0 Å². The smallest absolute Gasteiger partial charge is 0.238 e. The topological polar surface area (TPSA) is 112 Å². The zero-order valence-electron chi connectivity index (χ0n) is 22.7. The molecule has 0 radical (unpaired) electrons. The monoisotopic (exact) mass is 563 g/mol. The van der Waals surface area contributed by atoms with Crippen LogP contribution in [0.5, 0.6) is 5.88 Å². The lowest BCUT2D eigenvalue weighted by Crippen LogP contribution is -2.57. The third kappa shape index (κ3) is 5.68. The number of aliphatic imine (C=N–C) groups is 1. The molecule has 5 rings (SSSR count). The lowest BCUT2D eigenvalue weighted by atomic mass is 10.0. The van der Waals surface area contributed by atoms with Crippen molar-refractivity contribution in [2.24, 2.45) is 4.99 Å². The lowest BCUT2D eigenvalue weighted by Gasteiger charge is -2.44. The van der Waals surface area contributed by atoms with Crippen molar-refractivity contribution in [2.75, 3.05) is 82.9 Å². The number of sulfonamides is 1. The number of methoxy groups -OCH3 is 1. The van der Waals surface area contributed by atoms with Crippen LogP contribution in [-0.4, -0.2) is 112 Å². The average Bonchev–Trinajstić information content (AvgIpc) is 3.19. The molecule has 0 amide bonds. The van der Waals surface area contributed by atoms with E-state index in [4.69, 9.17) is 14.5 Å². The molecule has 208 valence electrons. The molecule has 2 saturated heterocycles. The number of anilines is 2. The fraction of sp³-hybridized carbons (Fsp3) is 0.600. The van der Waals surface area contributed by atoms with Gasteiger partial charge in [0.25, 0.3) is 0 Å². The molecule has 2 aromatic heterocycles. The Morgan fingerprint density at radius 3 is 2.58 bits per heavy atom. The second-order valence-electron chi connectivity index (χ2n) is 10.3. The quantitative estimate of drug-likeness (QED) is 0.521. The van der Waals surface area contributed by atoms with E-state index in [1.807, 2.05) is 0 Å². The molecule has 2 aromatic rings. The highest BCUT2D eigenvalue weighted by atomic mass is 32.2. The van der Waals surface area contributed by atoms with Crippen molar-refractivity contribution in [1.82, 2.24) is 19.7 Å². The Balaban J connectivity index is 1.59. The van der Waals surface area contributed by atoms with Crippen molar-refractivity contribution in [3.63, 3.8) is 0 Å². The number of likely N-dealkylation sites (N-methyl/N-ethyl adjacent to an activating group) is 1. The van der Waals surface area contributed by atoms with Gasteiger partial charge < -0.3 is 19.7 Å². The van der Waals surface area contributed by atoms with Crippen LogP contribution in [0.2, 0.25) is 0 Å². The number of piperazine rings is 1. The zero-order chi connectivity index (χ0) is 27.1. The minimum Gasteiger partial charge on any atom is -0.480 e. The van der Waals surface area contributed by atoms with Crippen LogP contribution in [0.25, 0.3) is 0 Å². The summed E-state index contributed by atoms with van der Waals surface area (Å²) >= 11 is 1.71. The van der Waals surface area contributed by atoms with Gasteiger partial charge in [-0.3, -0.25) is 14.5 Å². The molecule has 0 spiro atoms. The van der Waals surface area contributed by atoms with E-state index in [1.165, 1.54) is 17.6 Å². The number of aromatic nitrogens is 1. The van der Waals surface area contributed by atoms with Crippen LogP contribution in [-0.2, 0) is 21.3 Å². The number of thiophene rings is 1. The van der Waals surface area contributed by atoms with Crippen LogP contribution in [0.3, 0.4) is 0 Å². The van der Waals surface area contributed by atoms with Gasteiger partial charge in [-0.15, -0.1) is 11.3 Å². The van der Waals surface area contributed by atoms with Crippen molar-refractivity contribution in [2.45, 2.75) is 26.2 Å². The highest BCUT2D eigenvalue weighted by molar-refractivity contribution is 7.92. The molecule has 0 aliphatic carbocycles. The predicted octanol–water partition coefficient (Wildman–Crippen LogP) is 1.85. The fourth-order valence-electron chi connectivity index (χ4n) is 5.19. The molecular formula is C25H37N7O4S2. The van der Waals surface area contributed by atoms with E-state index in [1.54, 1.807) is 23.6 Å². The SMILES string of the molecule is COc1ncc(C2=NC(C)(N3CCOCC3)Nc3c2sc(C)c3CN2CCN(C)CC2)cc1NS(C)(=O)=O. The summed E-state index contributed by atoms with van der Waals surface area (Å²) in [5.41, 5.74) is 4.19. The Bertz CT molecular complexity index is 1320. The number of pyridine rings is 1. The summed E-state index contributed by atoms with van der Waals surface area (Å²) in [4.78, 5) is 19.2. The maximum absolute atomic E-state index is 12.1. The molecule has 0 aromatic carbocycles. The number of hydrogen-bond donors (Lipinski definition) is 2. The summed E-state index contributed by atoms with van der Waals surface area (Å²) in [7, 11) is 0.109. The Hall–Kier alpha value is -2.29. The second kappa shape index (κ2) is 10.7. The first-order valence-corrected chi connectivity index (χ1v) is 15.5. The summed E-state index contributed by atoms with van der Waals surface area (Å²) in [6.07, 6.45) is 2.82. The Morgan fingerprint density at radius 1 is 1.21 bits per heavy atom. The third-order valence-electron chi connectivity index (χ3n) is 7.33. The maximum Gasteiger partial charge on any atom is 0.238 e. The van der Waals surface area contributed by atoms with Crippen molar-refractivity contribution in [3.8, 4) is 5.88 Å². The van der Waals surface area contributed by atoms with Crippen molar-refractivity contribution in [1.29, 1.82) is 0 Å². The highest BCUT2D eigenvalue weighted by Gasteiger charge is 2.40. The standard InChI is InChI=1S/C25H37N7O4S2/c1-17-19(16-31-8-6-30(3)7-9-31)22-23(37-17)21(27-25(2,28-22)32-10-12-36-13-11-32)18-14-20(29-38(5,33)34)24(35-4)26-15-18/h14-15,28-29H,6-13,16H2,1-5H3. The van der Waals surface area contributed by atoms with Gasteiger partial charge in [-0.1, -0.05) is 0 Å². The van der Waals surface area contributed by atoms with Gasteiger partial charge in [0, 0.05) is 68.0 Å². The first-order valence-electron chi connectivity index (χ1n) is 12.8. The summed E-state index contributed by atoms with van der Waals surface area (Å²) in [5.74, 6) is -0.483. The number of hydrogen-bond acceptors (Lipinski definition) is 11. The first kappa shape index (κ1) is 27.3. The maximum atomic E-state index is 12.1. The van der Waals surface area contributed by atoms with Crippen LogP contribution in [0.4, 0.5) is 11.4 Å². The molecule has 38 heavy (non-hydrogen) atoms. The van der Waals surface area contributed by atoms with Gasteiger partial charge in [-0.25, -0.2) is 18.4 Å². The number of aryl methyl sites for hydroxylation is 1. The number of morpholine rings is 1. The third-order valence-corrected chi connectivity index (χ3v) is 9.08. The Labute approximate surface area is 228 Å². The number of nitrogens with one attached hydrogen (secondary N) is 2. The van der Waals surface area contributed by atoms with E-state index in [2.05, 4.69) is 50.6 Å². The van der Waals surface area contributed by atoms with E-state index in [-0.39, 0.29) is 11.6 Å². The highest BCUT2D eigenvalue weighted by Crippen LogP contribution is 2.42. The van der Waals surface area contributed by atoms with E-state index in [0.717, 1.165) is 73.9 Å². The summed E-state index contributed by atoms with van der Waals surface area (Å²) < 4.78 is 37.6. The minimum absolute atomic E-state index is 0.211. The van der Waals surface area contributed by atoms with Gasteiger partial charge in [0.1, 0.15) is 5.69 Å². The summed E-state index contributed by atoms with van der Waals surface area (Å²) in [6.45, 7) is 12.1. The van der Waals surface area contributed by atoms with Gasteiger partial charge in [0.2, 0.25) is 15.9 Å². The minimum atomic E-state index is -3.53. The summed E-state index contributed by atoms with van der Waals surface area (Å²) in [5, 5.41) is 3.81. The van der Waals surface area contributed by atoms with E-state index >= 15 is 0 Å². The summed E-state index contributed by atoms with van der Waals surface area (Å²) in [6, 6.07) is 1.76. The van der Waals surface area contributed by atoms with Crippen LogP contribution in [0.15, 0.2) is 17.3 Å². The number of rotatable bonds is 7. The molecule has 3 aliphatic rings. The lowest BCUT2D eigenvalue weighted by molar-refractivity contribution is -0.00422. The molecule has 3 aliphatic heterocycles. The fourth-order valence-corrected chi connectivity index (χ4v) is 6.87. The molecule has 2 N–H and O–H groups in total. The molecule has 1 unspecified atom stereocenters. The number of nitrogens with zero attached hydrogens (tertiary/aromatic N) is 5. The van der Waals surface area contributed by atoms with Crippen LogP contribution >= 0.6 is 11.3 Å². The number of fused-ring (bicyclic) bond motifs is 1. The molecule has 11 nitrogen and oxygen atoms in total. The van der Waals surface area contributed by atoms with E-state index in [0.29, 0.717) is 13.2 Å². The van der Waals surface area contributed by atoms with Crippen molar-refractivity contribution < 1.29 is 17.9 Å². The largest absolute Gasteiger partial charge is 0.480 e. The average molecular weight is 564 g/mol. The molecule has 0 bridgehead atoms. The van der Waals surface area contributed by atoms with E-state index in [9.17, 15) is 8.42 Å². The Kier molecular flexibility index (Phi) is 7.68. The van der Waals surface area contributed by atoms with Gasteiger partial charge in [-0.05, 0) is 27.0 Å². The second-order valence-corrected chi connectivity index (χ2v) is 13.3. The molecule has 13 heteroatoms. The van der Waals surface area contributed by atoms with Gasteiger partial charge in [0.05, 0.1) is 42.9 Å². The molecule has 2 fully saturated rings. The van der Waals surface area contributed by atoms with Gasteiger partial charge >= 0.3 is 0 Å². The molecule has 5 heterocycles. The zero-order valence-corrected chi connectivity index (χ0v) is 24.3. The van der Waals surface area contributed by atoms with Crippen molar-refractivity contribution in [3.05, 3.63) is 33.1 Å². The molecule has 0 saturated carbocycles. The van der Waals surface area contributed by atoms with Crippen molar-refractivity contribution >= 4 is 38.4 Å². The molecular weight excluding hydrogens is 526 g/mol. The van der Waals surface area contributed by atoms with Crippen LogP contribution < -0.4 is 14.8 Å². The van der Waals surface area contributed by atoms with E-state index < -0.39 is 15.8 Å². The molecule has 1 atom stereocenters. The van der Waals surface area contributed by atoms with Gasteiger partial charge in [0.15, 0.2) is 5.79 Å². The Morgan fingerprint density at radius 2 is 1.92 bits per heavy atom. The number of ether oxygens (including phenoxy) is 2. The van der Waals surface area contributed by atoms with Crippen LogP contribution in [0, 0.1) is 6.92 Å².